The Balaban J connectivity index is 1.32. The second-order valence-electron chi connectivity index (χ2n) is 8.69. The molecule has 1 aromatic heterocycles. The molecule has 1 fully saturated rings. The number of ether oxygens (including phenoxy) is 1. The fraction of sp³-hybridized carbons (Fsp3) is 0.370. The summed E-state index contributed by atoms with van der Waals surface area (Å²) in [6, 6.07) is 19.3. The van der Waals surface area contributed by atoms with Crippen molar-refractivity contribution in [3.8, 4) is 5.75 Å². The summed E-state index contributed by atoms with van der Waals surface area (Å²) in [5, 5.41) is 7.44. The van der Waals surface area contributed by atoms with Gasteiger partial charge in [-0.1, -0.05) is 49.4 Å². The van der Waals surface area contributed by atoms with Gasteiger partial charge in [-0.05, 0) is 42.5 Å². The normalized spacial score (nSPS) is 15.7. The third-order valence-corrected chi connectivity index (χ3v) is 6.05. The van der Waals surface area contributed by atoms with E-state index in [-0.39, 0.29) is 17.4 Å². The van der Waals surface area contributed by atoms with Crippen LogP contribution in [0.5, 0.6) is 5.75 Å². The molecule has 178 valence electrons. The standard InChI is InChI=1S/C27H32N4O3/c1-2-15-34-25-12-10-21(11-13-25)17-28-27(33)23-9-6-14-30(20-23)24-16-26(32)31(29-18-24)19-22-7-4-3-5-8-22/h3-5,7-8,10-13,16,18,23H,2,6,9,14-15,17,19-20H2,1H3,(H,28,33)/t23-/m1/s1. The molecule has 3 aromatic rings. The summed E-state index contributed by atoms with van der Waals surface area (Å²) in [7, 11) is 0. The van der Waals surface area contributed by atoms with Gasteiger partial charge in [-0.2, -0.15) is 5.10 Å². The van der Waals surface area contributed by atoms with Gasteiger partial charge in [0.2, 0.25) is 5.91 Å². The molecule has 1 aliphatic rings. The summed E-state index contributed by atoms with van der Waals surface area (Å²) in [6.45, 7) is 5.10. The Morgan fingerprint density at radius 3 is 2.65 bits per heavy atom. The molecular weight excluding hydrogens is 428 g/mol. The minimum Gasteiger partial charge on any atom is -0.494 e. The van der Waals surface area contributed by atoms with E-state index in [1.807, 2.05) is 54.6 Å². The average Bonchev–Trinajstić information content (AvgIpc) is 2.88. The van der Waals surface area contributed by atoms with Gasteiger partial charge in [-0.25, -0.2) is 4.68 Å². The molecule has 1 N–H and O–H groups in total. The van der Waals surface area contributed by atoms with Crippen molar-refractivity contribution < 1.29 is 9.53 Å². The quantitative estimate of drug-likeness (QED) is 0.528. The maximum Gasteiger partial charge on any atom is 0.269 e. The smallest absolute Gasteiger partial charge is 0.269 e. The predicted molar refractivity (Wildman–Crippen MR) is 133 cm³/mol. The Kier molecular flexibility index (Phi) is 7.96. The number of nitrogens with one attached hydrogen (secondary N) is 1. The first-order valence-electron chi connectivity index (χ1n) is 12.0. The van der Waals surface area contributed by atoms with E-state index < -0.39 is 0 Å². The molecule has 7 nitrogen and oxygen atoms in total. The van der Waals surface area contributed by atoms with Gasteiger partial charge in [0.15, 0.2) is 0 Å². The van der Waals surface area contributed by atoms with Crippen LogP contribution in [0.25, 0.3) is 0 Å². The molecule has 2 aromatic carbocycles. The van der Waals surface area contributed by atoms with Crippen molar-refractivity contribution in [3.05, 3.63) is 88.3 Å². The van der Waals surface area contributed by atoms with Gasteiger partial charge in [0.25, 0.3) is 5.56 Å². The van der Waals surface area contributed by atoms with Gasteiger partial charge in [-0.3, -0.25) is 9.59 Å². The number of hydrogen-bond acceptors (Lipinski definition) is 5. The highest BCUT2D eigenvalue weighted by Crippen LogP contribution is 2.22. The monoisotopic (exact) mass is 460 g/mol. The van der Waals surface area contributed by atoms with Gasteiger partial charge >= 0.3 is 0 Å². The zero-order valence-electron chi connectivity index (χ0n) is 19.7. The summed E-state index contributed by atoms with van der Waals surface area (Å²) in [4.78, 5) is 27.6. The van der Waals surface area contributed by atoms with Crippen LogP contribution >= 0.6 is 0 Å². The van der Waals surface area contributed by atoms with E-state index in [1.54, 1.807) is 12.3 Å². The molecule has 1 amide bonds. The van der Waals surface area contributed by atoms with Crippen molar-refractivity contribution in [3.63, 3.8) is 0 Å². The highest BCUT2D eigenvalue weighted by atomic mass is 16.5. The fourth-order valence-electron chi connectivity index (χ4n) is 4.15. The third kappa shape index (κ3) is 6.25. The number of nitrogens with zero attached hydrogens (tertiary/aromatic N) is 3. The molecule has 0 aliphatic carbocycles. The zero-order valence-corrected chi connectivity index (χ0v) is 19.7. The Morgan fingerprint density at radius 2 is 1.91 bits per heavy atom. The summed E-state index contributed by atoms with van der Waals surface area (Å²) >= 11 is 0. The minimum absolute atomic E-state index is 0.0430. The molecule has 0 unspecified atom stereocenters. The Morgan fingerprint density at radius 1 is 1.12 bits per heavy atom. The Hall–Kier alpha value is -3.61. The first-order chi connectivity index (χ1) is 16.6. The van der Waals surface area contributed by atoms with Crippen LogP contribution in [0, 0.1) is 5.92 Å². The van der Waals surface area contributed by atoms with Crippen LogP contribution in [0.1, 0.15) is 37.3 Å². The lowest BCUT2D eigenvalue weighted by atomic mass is 9.96. The molecule has 1 aliphatic heterocycles. The number of anilines is 1. The number of benzene rings is 2. The number of rotatable bonds is 9. The third-order valence-electron chi connectivity index (χ3n) is 6.05. The zero-order chi connectivity index (χ0) is 23.8. The van der Waals surface area contributed by atoms with Crippen molar-refractivity contribution in [2.45, 2.75) is 39.3 Å². The summed E-state index contributed by atoms with van der Waals surface area (Å²) in [5.74, 6) is 0.771. The Bertz CT molecular complexity index is 1130. The second kappa shape index (κ2) is 11.5. The largest absolute Gasteiger partial charge is 0.494 e. The summed E-state index contributed by atoms with van der Waals surface area (Å²) < 4.78 is 7.07. The molecule has 0 spiro atoms. The number of hydrogen-bond donors (Lipinski definition) is 1. The van der Waals surface area contributed by atoms with Gasteiger partial charge in [0.05, 0.1) is 31.0 Å². The molecule has 4 rings (SSSR count). The van der Waals surface area contributed by atoms with Crippen molar-refractivity contribution in [2.24, 2.45) is 5.92 Å². The van der Waals surface area contributed by atoms with E-state index in [2.05, 4.69) is 22.2 Å². The molecule has 2 heterocycles. The highest BCUT2D eigenvalue weighted by molar-refractivity contribution is 5.79. The van der Waals surface area contributed by atoms with Crippen molar-refractivity contribution in [1.29, 1.82) is 0 Å². The molecule has 1 atom stereocenters. The second-order valence-corrected chi connectivity index (χ2v) is 8.69. The van der Waals surface area contributed by atoms with Crippen LogP contribution in [0.3, 0.4) is 0 Å². The number of aromatic nitrogens is 2. The number of carbonyl (C=O) groups is 1. The maximum absolute atomic E-state index is 12.8. The van der Waals surface area contributed by atoms with E-state index in [0.29, 0.717) is 26.2 Å². The lowest BCUT2D eigenvalue weighted by Crippen LogP contribution is -2.43. The van der Waals surface area contributed by atoms with Gasteiger partial charge < -0.3 is 15.0 Å². The van der Waals surface area contributed by atoms with Crippen molar-refractivity contribution >= 4 is 11.6 Å². The molecule has 0 saturated carbocycles. The first-order valence-corrected chi connectivity index (χ1v) is 12.0. The molecule has 1 saturated heterocycles. The lowest BCUT2D eigenvalue weighted by Gasteiger charge is -2.33. The highest BCUT2D eigenvalue weighted by Gasteiger charge is 2.26. The van der Waals surface area contributed by atoms with Gasteiger partial charge in [0, 0.05) is 25.7 Å². The van der Waals surface area contributed by atoms with Crippen LogP contribution < -0.4 is 20.5 Å². The van der Waals surface area contributed by atoms with E-state index in [4.69, 9.17) is 4.74 Å². The van der Waals surface area contributed by atoms with E-state index in [0.717, 1.165) is 48.4 Å². The topological polar surface area (TPSA) is 76.5 Å². The minimum atomic E-state index is -0.140. The van der Waals surface area contributed by atoms with E-state index in [9.17, 15) is 9.59 Å². The van der Waals surface area contributed by atoms with E-state index >= 15 is 0 Å². The SMILES string of the molecule is CCCOc1ccc(CNC(=O)[C@@H]2CCCN(c3cnn(Cc4ccccc4)c(=O)c3)C2)cc1. The van der Waals surface area contributed by atoms with Crippen molar-refractivity contribution in [1.82, 2.24) is 15.1 Å². The predicted octanol–water partition coefficient (Wildman–Crippen LogP) is 3.61. The molecular formula is C27H32N4O3. The molecule has 0 bridgehead atoms. The number of amides is 1. The van der Waals surface area contributed by atoms with E-state index in [1.165, 1.54) is 4.68 Å². The number of carbonyl (C=O) groups excluding carboxylic acids is 1. The van der Waals surface area contributed by atoms with Crippen LogP contribution in [0.15, 0.2) is 71.7 Å². The Labute approximate surface area is 200 Å². The van der Waals surface area contributed by atoms with Gasteiger partial charge in [-0.15, -0.1) is 0 Å². The molecule has 0 radical (unpaired) electrons. The molecule has 34 heavy (non-hydrogen) atoms. The fourth-order valence-corrected chi connectivity index (χ4v) is 4.15. The van der Waals surface area contributed by atoms with Crippen LogP contribution in [-0.4, -0.2) is 35.4 Å². The van der Waals surface area contributed by atoms with Crippen LogP contribution in [0.2, 0.25) is 0 Å². The van der Waals surface area contributed by atoms with Gasteiger partial charge in [0.1, 0.15) is 5.75 Å². The summed E-state index contributed by atoms with van der Waals surface area (Å²) in [6.07, 6.45) is 4.44. The summed E-state index contributed by atoms with van der Waals surface area (Å²) in [5.41, 5.74) is 2.70. The maximum atomic E-state index is 12.8. The van der Waals surface area contributed by atoms with Crippen LogP contribution in [-0.2, 0) is 17.9 Å². The first kappa shape index (κ1) is 23.5. The van der Waals surface area contributed by atoms with Crippen molar-refractivity contribution in [2.75, 3.05) is 24.6 Å². The average molecular weight is 461 g/mol. The number of piperidine rings is 1. The molecule has 7 heteroatoms. The van der Waals surface area contributed by atoms with Crippen LogP contribution in [0.4, 0.5) is 5.69 Å². The lowest BCUT2D eigenvalue weighted by molar-refractivity contribution is -0.125.